The molecule has 1 N–H and O–H groups in total. The van der Waals surface area contributed by atoms with Crippen molar-refractivity contribution in [2.24, 2.45) is 0 Å². The minimum absolute atomic E-state index is 0.115. The number of hydrogen-bond donors (Lipinski definition) is 1. The number of halogens is 3. The van der Waals surface area contributed by atoms with E-state index in [9.17, 15) is 10.1 Å². The molecule has 9 heteroatoms. The fraction of sp³-hybridized carbons (Fsp3) is 0.143. The number of nitrogens with zero attached hydrogens (tertiary/aromatic N) is 1. The van der Waals surface area contributed by atoms with E-state index in [1.54, 1.807) is 60.7 Å². The first-order valence-corrected chi connectivity index (χ1v) is 12.3. The maximum atomic E-state index is 12.8. The minimum atomic E-state index is -0.579. The lowest BCUT2D eigenvalue weighted by Crippen LogP contribution is -2.13. The highest BCUT2D eigenvalue weighted by Gasteiger charge is 2.15. The van der Waals surface area contributed by atoms with Crippen LogP contribution in [0.1, 0.15) is 18.1 Å². The fourth-order valence-corrected chi connectivity index (χ4v) is 3.90. The van der Waals surface area contributed by atoms with Crippen LogP contribution in [0.5, 0.6) is 17.2 Å². The topological polar surface area (TPSA) is 80.6 Å². The van der Waals surface area contributed by atoms with Gasteiger partial charge in [-0.2, -0.15) is 5.26 Å². The van der Waals surface area contributed by atoms with Crippen molar-refractivity contribution in [3.63, 3.8) is 0 Å². The number of carbonyl (C=O) groups is 1. The molecule has 0 aromatic heterocycles. The molecule has 0 aliphatic rings. The molecule has 3 aromatic carbocycles. The molecule has 0 saturated carbocycles. The molecule has 0 unspecified atom stereocenters. The number of ether oxygens (including phenoxy) is 3. The van der Waals surface area contributed by atoms with E-state index in [0.717, 1.165) is 5.56 Å². The van der Waals surface area contributed by atoms with Crippen LogP contribution in [0.4, 0.5) is 5.69 Å². The minimum Gasteiger partial charge on any atom is -0.490 e. The van der Waals surface area contributed by atoms with Crippen molar-refractivity contribution < 1.29 is 19.0 Å². The van der Waals surface area contributed by atoms with E-state index in [1.807, 2.05) is 13.0 Å². The van der Waals surface area contributed by atoms with Gasteiger partial charge in [-0.25, -0.2) is 0 Å². The molecule has 190 valence electrons. The zero-order chi connectivity index (χ0) is 26.8. The SMILES string of the molecule is C=CCOc1c(Cl)cc(/C=C(\C#N)C(=O)Nc2ccc(OCc3ccc(Cl)cc3Cl)cc2)cc1OCC. The van der Waals surface area contributed by atoms with E-state index in [-0.39, 0.29) is 23.8 Å². The number of amides is 1. The third-order valence-corrected chi connectivity index (χ3v) is 5.74. The zero-order valence-electron chi connectivity index (χ0n) is 19.9. The Morgan fingerprint density at radius 1 is 1.03 bits per heavy atom. The first-order chi connectivity index (χ1) is 17.8. The summed E-state index contributed by atoms with van der Waals surface area (Å²) in [5, 5.41) is 13.6. The van der Waals surface area contributed by atoms with Crippen LogP contribution in [0.25, 0.3) is 6.08 Å². The van der Waals surface area contributed by atoms with Crippen LogP contribution < -0.4 is 19.5 Å². The molecule has 0 aliphatic carbocycles. The molecule has 3 aromatic rings. The quantitative estimate of drug-likeness (QED) is 0.148. The van der Waals surface area contributed by atoms with Crippen molar-refractivity contribution in [1.82, 2.24) is 0 Å². The maximum absolute atomic E-state index is 12.8. The molecule has 0 fully saturated rings. The van der Waals surface area contributed by atoms with Crippen LogP contribution in [0.2, 0.25) is 15.1 Å². The van der Waals surface area contributed by atoms with E-state index in [1.165, 1.54) is 6.08 Å². The van der Waals surface area contributed by atoms with Gasteiger partial charge in [0.05, 0.1) is 11.6 Å². The first kappa shape index (κ1) is 27.9. The Balaban J connectivity index is 1.70. The van der Waals surface area contributed by atoms with Gasteiger partial charge < -0.3 is 19.5 Å². The summed E-state index contributed by atoms with van der Waals surface area (Å²) in [6.07, 6.45) is 3.01. The number of nitriles is 1. The summed E-state index contributed by atoms with van der Waals surface area (Å²) < 4.78 is 17.0. The third kappa shape index (κ3) is 7.93. The molecule has 0 aliphatic heterocycles. The van der Waals surface area contributed by atoms with Crippen molar-refractivity contribution in [1.29, 1.82) is 5.26 Å². The normalized spacial score (nSPS) is 10.8. The van der Waals surface area contributed by atoms with E-state index >= 15 is 0 Å². The van der Waals surface area contributed by atoms with Gasteiger partial charge in [0.25, 0.3) is 5.91 Å². The van der Waals surface area contributed by atoms with Gasteiger partial charge in [0.15, 0.2) is 11.5 Å². The predicted molar refractivity (Wildman–Crippen MR) is 148 cm³/mol. The second kappa shape index (κ2) is 13.6. The van der Waals surface area contributed by atoms with Gasteiger partial charge in [-0.15, -0.1) is 0 Å². The summed E-state index contributed by atoms with van der Waals surface area (Å²) in [6.45, 7) is 6.33. The van der Waals surface area contributed by atoms with Gasteiger partial charge in [0.1, 0.15) is 30.6 Å². The van der Waals surface area contributed by atoms with Crippen LogP contribution >= 0.6 is 34.8 Å². The number of nitrogens with one attached hydrogen (secondary N) is 1. The Morgan fingerprint density at radius 3 is 2.43 bits per heavy atom. The molecule has 6 nitrogen and oxygen atoms in total. The first-order valence-electron chi connectivity index (χ1n) is 11.1. The van der Waals surface area contributed by atoms with E-state index in [0.29, 0.717) is 45.2 Å². The Bertz CT molecular complexity index is 1350. The lowest BCUT2D eigenvalue weighted by molar-refractivity contribution is -0.112. The predicted octanol–water partition coefficient (Wildman–Crippen LogP) is 7.73. The summed E-state index contributed by atoms with van der Waals surface area (Å²) in [5.74, 6) is 0.766. The summed E-state index contributed by atoms with van der Waals surface area (Å²) in [5.41, 5.74) is 1.68. The molecule has 0 spiro atoms. The summed E-state index contributed by atoms with van der Waals surface area (Å²) in [4.78, 5) is 12.8. The smallest absolute Gasteiger partial charge is 0.266 e. The average Bonchev–Trinajstić information content (AvgIpc) is 2.87. The third-order valence-electron chi connectivity index (χ3n) is 4.87. The molecule has 0 radical (unpaired) electrons. The number of rotatable bonds is 11. The summed E-state index contributed by atoms with van der Waals surface area (Å²) in [6, 6.07) is 17.1. The van der Waals surface area contributed by atoms with E-state index in [2.05, 4.69) is 11.9 Å². The standard InChI is InChI=1S/C28H23Cl3N2O4/c1-3-11-36-27-25(31)13-18(14-26(27)35-4-2)12-20(16-32)28(34)33-22-7-9-23(10-8-22)37-17-19-5-6-21(29)15-24(19)30/h3,5-10,12-15H,1,4,11,17H2,2H3,(H,33,34)/b20-12+. The average molecular weight is 558 g/mol. The summed E-state index contributed by atoms with van der Waals surface area (Å²) in [7, 11) is 0. The monoisotopic (exact) mass is 556 g/mol. The van der Waals surface area contributed by atoms with Gasteiger partial charge in [-0.3, -0.25) is 4.79 Å². The second-order valence-electron chi connectivity index (χ2n) is 7.54. The Labute approximate surface area is 230 Å². The lowest BCUT2D eigenvalue weighted by Gasteiger charge is -2.13. The molecule has 0 saturated heterocycles. The summed E-state index contributed by atoms with van der Waals surface area (Å²) >= 11 is 18.4. The van der Waals surface area contributed by atoms with Crippen LogP contribution in [-0.4, -0.2) is 19.1 Å². The second-order valence-corrected chi connectivity index (χ2v) is 8.79. The van der Waals surface area contributed by atoms with Crippen molar-refractivity contribution in [2.45, 2.75) is 13.5 Å². The van der Waals surface area contributed by atoms with Gasteiger partial charge in [-0.05, 0) is 67.1 Å². The van der Waals surface area contributed by atoms with Crippen molar-refractivity contribution in [3.05, 3.63) is 99.0 Å². The highest BCUT2D eigenvalue weighted by Crippen LogP contribution is 2.37. The van der Waals surface area contributed by atoms with Crippen LogP contribution in [0, 0.1) is 11.3 Å². The fourth-order valence-electron chi connectivity index (χ4n) is 3.16. The van der Waals surface area contributed by atoms with E-state index in [4.69, 9.17) is 49.0 Å². The van der Waals surface area contributed by atoms with Crippen molar-refractivity contribution in [2.75, 3.05) is 18.5 Å². The number of hydrogen-bond acceptors (Lipinski definition) is 5. The van der Waals surface area contributed by atoms with Crippen LogP contribution in [0.3, 0.4) is 0 Å². The maximum Gasteiger partial charge on any atom is 0.266 e. The molecule has 1 amide bonds. The van der Waals surface area contributed by atoms with Crippen LogP contribution in [0.15, 0.2) is 72.8 Å². The Morgan fingerprint density at radius 2 is 1.78 bits per heavy atom. The Hall–Kier alpha value is -3.63. The van der Waals surface area contributed by atoms with Gasteiger partial charge in [0.2, 0.25) is 0 Å². The molecule has 0 bridgehead atoms. The van der Waals surface area contributed by atoms with Gasteiger partial charge in [0, 0.05) is 21.3 Å². The highest BCUT2D eigenvalue weighted by atomic mass is 35.5. The zero-order valence-corrected chi connectivity index (χ0v) is 22.2. The molecule has 0 heterocycles. The van der Waals surface area contributed by atoms with Gasteiger partial charge >= 0.3 is 0 Å². The molecular formula is C28H23Cl3N2O4. The number of benzene rings is 3. The van der Waals surface area contributed by atoms with Crippen LogP contribution in [-0.2, 0) is 11.4 Å². The Kier molecular flexibility index (Phi) is 10.3. The molecule has 37 heavy (non-hydrogen) atoms. The number of anilines is 1. The number of carbonyl (C=O) groups excluding carboxylic acids is 1. The molecule has 0 atom stereocenters. The largest absolute Gasteiger partial charge is 0.490 e. The lowest BCUT2D eigenvalue weighted by atomic mass is 10.1. The molecule has 3 rings (SSSR count). The van der Waals surface area contributed by atoms with E-state index < -0.39 is 5.91 Å². The molecular weight excluding hydrogens is 535 g/mol. The van der Waals surface area contributed by atoms with Gasteiger partial charge in [-0.1, -0.05) is 53.5 Å². The highest BCUT2D eigenvalue weighted by molar-refractivity contribution is 6.35. The van der Waals surface area contributed by atoms with Crippen molar-refractivity contribution >= 4 is 52.5 Å². The van der Waals surface area contributed by atoms with Crippen molar-refractivity contribution in [3.8, 4) is 23.3 Å².